The summed E-state index contributed by atoms with van der Waals surface area (Å²) in [6.07, 6.45) is 8.02. The molecule has 0 aromatic rings. The van der Waals surface area contributed by atoms with Gasteiger partial charge in [-0.15, -0.1) is 0 Å². The highest BCUT2D eigenvalue weighted by molar-refractivity contribution is 5.75. The van der Waals surface area contributed by atoms with Gasteiger partial charge in [0.15, 0.2) is 0 Å². The van der Waals surface area contributed by atoms with Crippen molar-refractivity contribution in [1.29, 1.82) is 0 Å². The summed E-state index contributed by atoms with van der Waals surface area (Å²) in [7, 11) is 0. The van der Waals surface area contributed by atoms with Crippen LogP contribution in [0.3, 0.4) is 0 Å². The molecule has 2 aliphatic heterocycles. The molecule has 2 saturated heterocycles. The minimum atomic E-state index is -0.483. The Balaban J connectivity index is 1.56. The predicted molar refractivity (Wildman–Crippen MR) is 132 cm³/mol. The number of piperazine rings is 1. The molecule has 3 fully saturated rings. The zero-order chi connectivity index (χ0) is 24.7. The lowest BCUT2D eigenvalue weighted by Crippen LogP contribution is -2.52. The number of amides is 3. The second-order valence-corrected chi connectivity index (χ2v) is 11.5. The van der Waals surface area contributed by atoms with Crippen molar-refractivity contribution < 1.29 is 19.1 Å². The van der Waals surface area contributed by atoms with Gasteiger partial charge < -0.3 is 19.9 Å². The molecule has 0 spiro atoms. The highest BCUT2D eigenvalue weighted by Crippen LogP contribution is 2.31. The van der Waals surface area contributed by atoms with Gasteiger partial charge in [0.05, 0.1) is 0 Å². The second-order valence-electron chi connectivity index (χ2n) is 11.5. The molecule has 3 amide bonds. The number of ether oxygens (including phenoxy) is 1. The van der Waals surface area contributed by atoms with Crippen LogP contribution in [0.4, 0.5) is 4.79 Å². The summed E-state index contributed by atoms with van der Waals surface area (Å²) >= 11 is 0. The Morgan fingerprint density at radius 2 is 1.56 bits per heavy atom. The first-order valence-electron chi connectivity index (χ1n) is 13.4. The standard InChI is InChI=1S/C26H46N4O4/c1-20(31)29-16-14-28(15-17-29)12-10-22-19-30(25(33)27-23-8-6-5-7-9-23)13-11-21(22)18-24(32)34-26(2,3)4/h21-23H,5-19H2,1-4H3,(H,27,33). The van der Waals surface area contributed by atoms with Crippen molar-refractivity contribution in [3.63, 3.8) is 0 Å². The number of rotatable bonds is 6. The molecule has 1 aliphatic carbocycles. The summed E-state index contributed by atoms with van der Waals surface area (Å²) < 4.78 is 5.61. The number of nitrogens with one attached hydrogen (secondary N) is 1. The smallest absolute Gasteiger partial charge is 0.317 e. The molecule has 8 heteroatoms. The number of carbonyl (C=O) groups excluding carboxylic acids is 3. The molecule has 3 rings (SSSR count). The zero-order valence-electron chi connectivity index (χ0n) is 21.8. The normalized spacial score (nSPS) is 25.2. The van der Waals surface area contributed by atoms with E-state index in [1.54, 1.807) is 6.92 Å². The van der Waals surface area contributed by atoms with Crippen LogP contribution in [0.15, 0.2) is 0 Å². The van der Waals surface area contributed by atoms with Gasteiger partial charge in [-0.1, -0.05) is 19.3 Å². The third kappa shape index (κ3) is 8.43. The third-order valence-electron chi connectivity index (χ3n) is 7.59. The van der Waals surface area contributed by atoms with Crippen LogP contribution < -0.4 is 5.32 Å². The average molecular weight is 479 g/mol. The molecule has 0 bridgehead atoms. The van der Waals surface area contributed by atoms with E-state index in [2.05, 4.69) is 10.2 Å². The first-order valence-corrected chi connectivity index (χ1v) is 13.4. The second kappa shape index (κ2) is 12.2. The molecule has 194 valence electrons. The number of urea groups is 1. The molecule has 1 saturated carbocycles. The van der Waals surface area contributed by atoms with Crippen molar-refractivity contribution in [2.45, 2.75) is 90.7 Å². The van der Waals surface area contributed by atoms with Crippen molar-refractivity contribution in [2.75, 3.05) is 45.8 Å². The summed E-state index contributed by atoms with van der Waals surface area (Å²) in [5.41, 5.74) is -0.483. The van der Waals surface area contributed by atoms with Gasteiger partial charge in [-0.25, -0.2) is 4.79 Å². The van der Waals surface area contributed by atoms with Crippen LogP contribution in [0.2, 0.25) is 0 Å². The SMILES string of the molecule is CC(=O)N1CCN(CCC2CN(C(=O)NC3CCCCC3)CCC2CC(=O)OC(C)(C)C)CC1. The van der Waals surface area contributed by atoms with Crippen LogP contribution in [-0.2, 0) is 14.3 Å². The maximum absolute atomic E-state index is 13.0. The number of hydrogen-bond acceptors (Lipinski definition) is 5. The van der Waals surface area contributed by atoms with Crippen LogP contribution in [-0.4, -0.2) is 90.1 Å². The topological polar surface area (TPSA) is 82.2 Å². The van der Waals surface area contributed by atoms with Gasteiger partial charge in [0.25, 0.3) is 0 Å². The van der Waals surface area contributed by atoms with Crippen molar-refractivity contribution >= 4 is 17.9 Å². The first kappa shape index (κ1) is 26.8. The van der Waals surface area contributed by atoms with E-state index in [0.717, 1.165) is 58.4 Å². The molecule has 0 aromatic heterocycles. The highest BCUT2D eigenvalue weighted by Gasteiger charge is 2.35. The Labute approximate surface area is 205 Å². The monoisotopic (exact) mass is 478 g/mol. The summed E-state index contributed by atoms with van der Waals surface area (Å²) in [6, 6.07) is 0.361. The van der Waals surface area contributed by atoms with Crippen LogP contribution in [0.1, 0.15) is 79.1 Å². The van der Waals surface area contributed by atoms with Crippen molar-refractivity contribution in [3.05, 3.63) is 0 Å². The molecule has 2 unspecified atom stereocenters. The number of esters is 1. The summed E-state index contributed by atoms with van der Waals surface area (Å²) in [5, 5.41) is 3.26. The Morgan fingerprint density at radius 1 is 0.882 bits per heavy atom. The molecule has 8 nitrogen and oxygen atoms in total. The van der Waals surface area contributed by atoms with E-state index >= 15 is 0 Å². The van der Waals surface area contributed by atoms with E-state index < -0.39 is 5.60 Å². The van der Waals surface area contributed by atoms with Crippen LogP contribution in [0.25, 0.3) is 0 Å². The van der Waals surface area contributed by atoms with Crippen molar-refractivity contribution in [1.82, 2.24) is 20.0 Å². The Kier molecular flexibility index (Phi) is 9.63. The Morgan fingerprint density at radius 3 is 2.18 bits per heavy atom. The molecule has 0 aromatic carbocycles. The highest BCUT2D eigenvalue weighted by atomic mass is 16.6. The van der Waals surface area contributed by atoms with Gasteiger partial charge in [0.2, 0.25) is 5.91 Å². The van der Waals surface area contributed by atoms with Crippen molar-refractivity contribution in [3.8, 4) is 0 Å². The van der Waals surface area contributed by atoms with E-state index in [0.29, 0.717) is 25.6 Å². The molecular formula is C26H46N4O4. The molecular weight excluding hydrogens is 432 g/mol. The maximum atomic E-state index is 13.0. The van der Waals surface area contributed by atoms with Crippen molar-refractivity contribution in [2.24, 2.45) is 11.8 Å². The van der Waals surface area contributed by atoms with Gasteiger partial charge in [0.1, 0.15) is 5.60 Å². The summed E-state index contributed by atoms with van der Waals surface area (Å²) in [4.78, 5) is 43.5. The van der Waals surface area contributed by atoms with Gasteiger partial charge in [0, 0.05) is 58.7 Å². The first-order chi connectivity index (χ1) is 16.1. The van der Waals surface area contributed by atoms with E-state index in [1.807, 2.05) is 30.6 Å². The lowest BCUT2D eigenvalue weighted by atomic mass is 9.81. The van der Waals surface area contributed by atoms with E-state index in [9.17, 15) is 14.4 Å². The quantitative estimate of drug-likeness (QED) is 0.593. The summed E-state index contributed by atoms with van der Waals surface area (Å²) in [6.45, 7) is 13.0. The molecule has 2 heterocycles. The van der Waals surface area contributed by atoms with Gasteiger partial charge in [-0.3, -0.25) is 14.5 Å². The fraction of sp³-hybridized carbons (Fsp3) is 0.885. The van der Waals surface area contributed by atoms with E-state index in [1.165, 1.54) is 19.3 Å². The molecule has 2 atom stereocenters. The van der Waals surface area contributed by atoms with Gasteiger partial charge in [-0.2, -0.15) is 0 Å². The van der Waals surface area contributed by atoms with Crippen LogP contribution in [0.5, 0.6) is 0 Å². The minimum Gasteiger partial charge on any atom is -0.460 e. The average Bonchev–Trinajstić information content (AvgIpc) is 2.78. The molecule has 3 aliphatic rings. The largest absolute Gasteiger partial charge is 0.460 e. The van der Waals surface area contributed by atoms with E-state index in [4.69, 9.17) is 4.74 Å². The van der Waals surface area contributed by atoms with Gasteiger partial charge >= 0.3 is 12.0 Å². The van der Waals surface area contributed by atoms with Crippen LogP contribution >= 0.6 is 0 Å². The maximum Gasteiger partial charge on any atom is 0.317 e. The number of nitrogens with zero attached hydrogens (tertiary/aromatic N) is 3. The lowest BCUT2D eigenvalue weighted by molar-refractivity contribution is -0.156. The third-order valence-corrected chi connectivity index (χ3v) is 7.59. The molecule has 34 heavy (non-hydrogen) atoms. The fourth-order valence-corrected chi connectivity index (χ4v) is 5.61. The Bertz CT molecular complexity index is 693. The lowest BCUT2D eigenvalue weighted by Gasteiger charge is -2.41. The van der Waals surface area contributed by atoms with E-state index in [-0.39, 0.29) is 29.7 Å². The number of piperidine rings is 1. The van der Waals surface area contributed by atoms with Gasteiger partial charge in [-0.05, 0) is 64.8 Å². The minimum absolute atomic E-state index is 0.0580. The predicted octanol–water partition coefficient (Wildman–Crippen LogP) is 3.25. The zero-order valence-corrected chi connectivity index (χ0v) is 21.8. The molecule has 1 N–H and O–H groups in total. The number of carbonyl (C=O) groups is 3. The number of likely N-dealkylation sites (tertiary alicyclic amines) is 1. The summed E-state index contributed by atoms with van der Waals surface area (Å²) in [5.74, 6) is 0.498. The Hall–Kier alpha value is -1.83. The fourth-order valence-electron chi connectivity index (χ4n) is 5.61. The molecule has 0 radical (unpaired) electrons. The number of hydrogen-bond donors (Lipinski definition) is 1. The van der Waals surface area contributed by atoms with Crippen LogP contribution in [0, 0.1) is 11.8 Å².